The molecule has 1 N–H and O–H groups in total. The molecule has 0 radical (unpaired) electrons. The Labute approximate surface area is 130 Å². The first-order valence-electron chi connectivity index (χ1n) is 7.26. The van der Waals surface area contributed by atoms with Gasteiger partial charge in [-0.3, -0.25) is 14.9 Å². The van der Waals surface area contributed by atoms with Crippen LogP contribution < -0.4 is 5.32 Å². The molecule has 0 saturated carbocycles. The second-order valence-electron chi connectivity index (χ2n) is 6.66. The number of nitriles is 1. The van der Waals surface area contributed by atoms with Crippen molar-refractivity contribution in [2.45, 2.75) is 46.6 Å². The van der Waals surface area contributed by atoms with Gasteiger partial charge in [0.2, 0.25) is 17.7 Å². The Morgan fingerprint density at radius 2 is 2.05 bits per heavy atom. The molecule has 2 rings (SSSR count). The summed E-state index contributed by atoms with van der Waals surface area (Å²) < 4.78 is 5.43. The third kappa shape index (κ3) is 2.84. The minimum absolute atomic E-state index is 0.0278. The maximum Gasteiger partial charge on any atom is 0.232 e. The van der Waals surface area contributed by atoms with E-state index >= 15 is 0 Å². The van der Waals surface area contributed by atoms with Gasteiger partial charge in [-0.2, -0.15) is 5.26 Å². The summed E-state index contributed by atoms with van der Waals surface area (Å²) in [5, 5.41) is 11.8. The predicted octanol–water partition coefficient (Wildman–Crippen LogP) is 2.35. The van der Waals surface area contributed by atoms with Crippen molar-refractivity contribution < 1.29 is 14.0 Å². The van der Waals surface area contributed by atoms with Gasteiger partial charge in [-0.1, -0.05) is 0 Å². The molecule has 6 nitrogen and oxygen atoms in total. The Morgan fingerprint density at radius 3 is 2.55 bits per heavy atom. The van der Waals surface area contributed by atoms with Crippen LogP contribution >= 0.6 is 0 Å². The second-order valence-corrected chi connectivity index (χ2v) is 6.66. The van der Waals surface area contributed by atoms with Crippen LogP contribution in [0.1, 0.15) is 44.1 Å². The number of likely N-dealkylation sites (tertiary alicyclic amines) is 1. The number of carbonyl (C=O) groups excluding carboxylic acids is 2. The van der Waals surface area contributed by atoms with E-state index in [2.05, 4.69) is 5.32 Å². The van der Waals surface area contributed by atoms with Gasteiger partial charge in [0.1, 0.15) is 17.4 Å². The van der Waals surface area contributed by atoms with Crippen LogP contribution in [0.15, 0.2) is 4.42 Å². The number of hydrogen-bond donors (Lipinski definition) is 1. The zero-order valence-electron chi connectivity index (χ0n) is 13.6. The molecular formula is C16H21N3O3. The smallest absolute Gasteiger partial charge is 0.232 e. The monoisotopic (exact) mass is 303 g/mol. The lowest BCUT2D eigenvalue weighted by Crippen LogP contribution is -2.42. The lowest BCUT2D eigenvalue weighted by atomic mass is 10.1. The van der Waals surface area contributed by atoms with E-state index in [1.54, 1.807) is 18.7 Å². The van der Waals surface area contributed by atoms with Crippen molar-refractivity contribution in [2.75, 3.05) is 11.9 Å². The highest BCUT2D eigenvalue weighted by atomic mass is 16.4. The molecule has 1 fully saturated rings. The number of nitrogens with zero attached hydrogens (tertiary/aromatic N) is 2. The van der Waals surface area contributed by atoms with Gasteiger partial charge in [0, 0.05) is 24.1 Å². The van der Waals surface area contributed by atoms with E-state index in [0.717, 1.165) is 5.56 Å². The number of amides is 2. The summed E-state index contributed by atoms with van der Waals surface area (Å²) in [7, 11) is 0. The quantitative estimate of drug-likeness (QED) is 0.908. The van der Waals surface area contributed by atoms with E-state index in [4.69, 9.17) is 9.68 Å². The van der Waals surface area contributed by atoms with Crippen LogP contribution in [0.3, 0.4) is 0 Å². The lowest BCUT2D eigenvalue weighted by molar-refractivity contribution is -0.131. The molecule has 1 saturated heterocycles. The van der Waals surface area contributed by atoms with E-state index < -0.39 is 5.92 Å². The molecule has 1 aromatic rings. The minimum atomic E-state index is -0.427. The number of aryl methyl sites for hydroxylation is 1. The average molecular weight is 303 g/mol. The van der Waals surface area contributed by atoms with Crippen LogP contribution in [0, 0.1) is 31.1 Å². The molecule has 0 aliphatic carbocycles. The Bertz CT molecular complexity index is 661. The highest BCUT2D eigenvalue weighted by molar-refractivity contribution is 5.97. The summed E-state index contributed by atoms with van der Waals surface area (Å²) in [6.45, 7) is 9.73. The molecule has 6 heteroatoms. The Kier molecular flexibility index (Phi) is 4.01. The molecule has 1 aromatic heterocycles. The summed E-state index contributed by atoms with van der Waals surface area (Å²) in [6, 6.07) is 2.04. The Balaban J connectivity index is 2.14. The summed E-state index contributed by atoms with van der Waals surface area (Å²) >= 11 is 0. The van der Waals surface area contributed by atoms with Crippen molar-refractivity contribution >= 4 is 17.7 Å². The lowest BCUT2D eigenvalue weighted by Gasteiger charge is -2.31. The van der Waals surface area contributed by atoms with Crippen LogP contribution in [0.5, 0.6) is 0 Å². The molecule has 22 heavy (non-hydrogen) atoms. The van der Waals surface area contributed by atoms with E-state index in [1.165, 1.54) is 0 Å². The molecule has 1 aliphatic rings. The summed E-state index contributed by atoms with van der Waals surface area (Å²) in [5.41, 5.74) is 0.751. The normalized spacial score (nSPS) is 18.5. The predicted molar refractivity (Wildman–Crippen MR) is 81.1 cm³/mol. The third-order valence-corrected chi connectivity index (χ3v) is 4.04. The molecule has 0 spiro atoms. The molecule has 2 heterocycles. The fourth-order valence-electron chi connectivity index (χ4n) is 2.59. The van der Waals surface area contributed by atoms with E-state index in [0.29, 0.717) is 17.9 Å². The van der Waals surface area contributed by atoms with Crippen molar-refractivity contribution in [3.8, 4) is 6.07 Å². The highest BCUT2D eigenvalue weighted by Crippen LogP contribution is 2.29. The van der Waals surface area contributed by atoms with Crippen LogP contribution in [-0.2, 0) is 9.59 Å². The Hall–Kier alpha value is -2.29. The fraction of sp³-hybridized carbons (Fsp3) is 0.562. The van der Waals surface area contributed by atoms with Gasteiger partial charge in [-0.15, -0.1) is 0 Å². The number of anilines is 1. The van der Waals surface area contributed by atoms with Gasteiger partial charge in [-0.25, -0.2) is 0 Å². The first kappa shape index (κ1) is 16.1. The fourth-order valence-corrected chi connectivity index (χ4v) is 2.59. The molecular weight excluding hydrogens is 282 g/mol. The van der Waals surface area contributed by atoms with Gasteiger partial charge < -0.3 is 9.32 Å². The van der Waals surface area contributed by atoms with Crippen molar-refractivity contribution in [1.82, 2.24) is 4.90 Å². The van der Waals surface area contributed by atoms with Crippen LogP contribution in [0.2, 0.25) is 0 Å². The highest BCUT2D eigenvalue weighted by Gasteiger charge is 2.39. The molecule has 0 bridgehead atoms. The van der Waals surface area contributed by atoms with Crippen LogP contribution in [-0.4, -0.2) is 28.8 Å². The largest absolute Gasteiger partial charge is 0.444 e. The maximum atomic E-state index is 12.4. The summed E-state index contributed by atoms with van der Waals surface area (Å²) in [5.74, 6) is 0.0316. The van der Waals surface area contributed by atoms with Crippen molar-refractivity contribution in [3.05, 3.63) is 16.9 Å². The number of hydrogen-bond acceptors (Lipinski definition) is 4. The topological polar surface area (TPSA) is 86.3 Å². The minimum Gasteiger partial charge on any atom is -0.444 e. The number of furan rings is 1. The van der Waals surface area contributed by atoms with Gasteiger partial charge in [-0.05, 0) is 34.6 Å². The molecule has 2 amide bonds. The number of rotatable bonds is 2. The van der Waals surface area contributed by atoms with Crippen molar-refractivity contribution in [2.24, 2.45) is 5.92 Å². The first-order chi connectivity index (χ1) is 10.1. The standard InChI is InChI=1S/C16H21N3O3/c1-9-10(2)22-15(12(9)7-17)18-14(21)11-6-13(20)19(8-11)16(3,4)5/h11H,6,8H2,1-5H3,(H,18,21). The maximum absolute atomic E-state index is 12.4. The molecule has 1 atom stereocenters. The SMILES string of the molecule is Cc1oc(NC(=O)C2CC(=O)N(C(C)(C)C)C2)c(C#N)c1C. The zero-order valence-corrected chi connectivity index (χ0v) is 13.6. The van der Waals surface area contributed by atoms with Gasteiger partial charge >= 0.3 is 0 Å². The number of carbonyl (C=O) groups is 2. The third-order valence-electron chi connectivity index (χ3n) is 4.04. The molecule has 118 valence electrons. The van der Waals surface area contributed by atoms with Crippen molar-refractivity contribution in [1.29, 1.82) is 5.26 Å². The van der Waals surface area contributed by atoms with Gasteiger partial charge in [0.15, 0.2) is 0 Å². The van der Waals surface area contributed by atoms with E-state index in [9.17, 15) is 9.59 Å². The summed E-state index contributed by atoms with van der Waals surface area (Å²) in [6.07, 6.45) is 0.184. The van der Waals surface area contributed by atoms with Gasteiger partial charge in [0.05, 0.1) is 5.92 Å². The van der Waals surface area contributed by atoms with E-state index in [-0.39, 0.29) is 29.7 Å². The van der Waals surface area contributed by atoms with Gasteiger partial charge in [0.25, 0.3) is 0 Å². The zero-order chi connectivity index (χ0) is 16.7. The molecule has 1 unspecified atom stereocenters. The molecule has 0 aromatic carbocycles. The van der Waals surface area contributed by atoms with E-state index in [1.807, 2.05) is 26.8 Å². The average Bonchev–Trinajstić information content (AvgIpc) is 2.91. The number of nitrogens with one attached hydrogen (secondary N) is 1. The summed E-state index contributed by atoms with van der Waals surface area (Å²) in [4.78, 5) is 26.1. The molecule has 1 aliphatic heterocycles. The van der Waals surface area contributed by atoms with Crippen molar-refractivity contribution in [3.63, 3.8) is 0 Å². The first-order valence-corrected chi connectivity index (χ1v) is 7.26. The van der Waals surface area contributed by atoms with Crippen LogP contribution in [0.25, 0.3) is 0 Å². The Morgan fingerprint density at radius 1 is 1.41 bits per heavy atom. The van der Waals surface area contributed by atoms with Crippen LogP contribution in [0.4, 0.5) is 5.88 Å². The second kappa shape index (κ2) is 5.48.